The highest BCUT2D eigenvalue weighted by Gasteiger charge is 2.36. The van der Waals surface area contributed by atoms with E-state index in [0.29, 0.717) is 5.13 Å². The molecule has 1 aromatic heterocycles. The van der Waals surface area contributed by atoms with Crippen molar-refractivity contribution >= 4 is 45.8 Å². The SMILES string of the molecule is O=C(CN1C(=O)c2ccccc2C1=O)Nc1ccccc1C(=O)Nc1nccs1. The first kappa shape index (κ1) is 18.5. The first-order valence-electron chi connectivity index (χ1n) is 8.59. The fourth-order valence-electron chi connectivity index (χ4n) is 2.96. The van der Waals surface area contributed by atoms with Crippen molar-refractivity contribution in [3.8, 4) is 0 Å². The fourth-order valence-corrected chi connectivity index (χ4v) is 3.48. The van der Waals surface area contributed by atoms with Gasteiger partial charge in [0.1, 0.15) is 6.54 Å². The van der Waals surface area contributed by atoms with Crippen molar-refractivity contribution in [1.29, 1.82) is 0 Å². The quantitative estimate of drug-likeness (QED) is 0.633. The number of carbonyl (C=O) groups is 4. The van der Waals surface area contributed by atoms with Gasteiger partial charge in [-0.05, 0) is 24.3 Å². The number of anilines is 2. The molecule has 0 spiro atoms. The lowest BCUT2D eigenvalue weighted by Gasteiger charge is -2.15. The van der Waals surface area contributed by atoms with E-state index >= 15 is 0 Å². The largest absolute Gasteiger partial charge is 0.324 e. The molecule has 8 nitrogen and oxygen atoms in total. The standard InChI is InChI=1S/C20H14N4O4S/c25-16(11-24-18(27)12-5-1-2-6-13(12)19(24)28)22-15-8-4-3-7-14(15)17(26)23-20-21-9-10-29-20/h1-10H,11H2,(H,22,25)(H,21,23,26). The van der Waals surface area contributed by atoms with Crippen LogP contribution in [0.2, 0.25) is 0 Å². The molecule has 4 rings (SSSR count). The van der Waals surface area contributed by atoms with Crippen LogP contribution in [0.5, 0.6) is 0 Å². The van der Waals surface area contributed by atoms with E-state index in [1.807, 2.05) is 0 Å². The summed E-state index contributed by atoms with van der Waals surface area (Å²) in [4.78, 5) is 54.7. The van der Waals surface area contributed by atoms with Gasteiger partial charge in [0.2, 0.25) is 5.91 Å². The third-order valence-corrected chi connectivity index (χ3v) is 4.97. The summed E-state index contributed by atoms with van der Waals surface area (Å²) < 4.78 is 0. The lowest BCUT2D eigenvalue weighted by atomic mass is 10.1. The first-order chi connectivity index (χ1) is 14.0. The molecule has 0 radical (unpaired) electrons. The molecule has 0 aliphatic carbocycles. The Morgan fingerprint density at radius 3 is 2.24 bits per heavy atom. The van der Waals surface area contributed by atoms with Gasteiger partial charge in [0.05, 0.1) is 22.4 Å². The van der Waals surface area contributed by atoms with E-state index in [-0.39, 0.29) is 22.4 Å². The van der Waals surface area contributed by atoms with E-state index in [4.69, 9.17) is 0 Å². The Hall–Kier alpha value is -3.85. The minimum Gasteiger partial charge on any atom is -0.324 e. The molecule has 0 atom stereocenters. The summed E-state index contributed by atoms with van der Waals surface area (Å²) in [5.74, 6) is -2.06. The number of thiazole rings is 1. The number of imide groups is 1. The second-order valence-corrected chi connectivity index (χ2v) is 7.02. The summed E-state index contributed by atoms with van der Waals surface area (Å²) in [6.45, 7) is -0.450. The predicted octanol–water partition coefficient (Wildman–Crippen LogP) is 2.63. The summed E-state index contributed by atoms with van der Waals surface area (Å²) in [6.07, 6.45) is 1.57. The molecule has 2 heterocycles. The van der Waals surface area contributed by atoms with E-state index in [1.54, 1.807) is 60.1 Å². The number of benzene rings is 2. The van der Waals surface area contributed by atoms with Crippen LogP contribution in [-0.4, -0.2) is 40.1 Å². The number of nitrogens with zero attached hydrogens (tertiary/aromatic N) is 2. The first-order valence-corrected chi connectivity index (χ1v) is 9.47. The zero-order chi connectivity index (χ0) is 20.4. The Morgan fingerprint density at radius 1 is 0.931 bits per heavy atom. The number of amides is 4. The highest BCUT2D eigenvalue weighted by atomic mass is 32.1. The summed E-state index contributed by atoms with van der Waals surface area (Å²) in [6, 6.07) is 12.9. The summed E-state index contributed by atoms with van der Waals surface area (Å²) in [7, 11) is 0. The number of rotatable bonds is 5. The summed E-state index contributed by atoms with van der Waals surface area (Å²) >= 11 is 1.27. The molecule has 144 valence electrons. The second kappa shape index (κ2) is 7.64. The van der Waals surface area contributed by atoms with E-state index < -0.39 is 30.2 Å². The maximum absolute atomic E-state index is 12.5. The Morgan fingerprint density at radius 2 is 1.59 bits per heavy atom. The van der Waals surface area contributed by atoms with E-state index in [9.17, 15) is 19.2 Å². The molecule has 0 bridgehead atoms. The molecule has 9 heteroatoms. The van der Waals surface area contributed by atoms with E-state index in [2.05, 4.69) is 15.6 Å². The van der Waals surface area contributed by atoms with Crippen molar-refractivity contribution in [2.75, 3.05) is 17.2 Å². The lowest BCUT2D eigenvalue weighted by molar-refractivity contribution is -0.116. The Labute approximate surface area is 169 Å². The minimum atomic E-state index is -0.589. The second-order valence-electron chi connectivity index (χ2n) is 6.13. The molecule has 0 saturated carbocycles. The van der Waals surface area contributed by atoms with Gasteiger partial charge in [-0.1, -0.05) is 24.3 Å². The number of para-hydroxylation sites is 1. The van der Waals surface area contributed by atoms with Gasteiger partial charge in [0.15, 0.2) is 5.13 Å². The molecule has 4 amide bonds. The molecule has 29 heavy (non-hydrogen) atoms. The van der Waals surface area contributed by atoms with Crippen LogP contribution in [0.4, 0.5) is 10.8 Å². The van der Waals surface area contributed by atoms with Gasteiger partial charge >= 0.3 is 0 Å². The third kappa shape index (κ3) is 3.63. The van der Waals surface area contributed by atoms with Crippen molar-refractivity contribution in [3.63, 3.8) is 0 Å². The van der Waals surface area contributed by atoms with Crippen molar-refractivity contribution in [2.45, 2.75) is 0 Å². The van der Waals surface area contributed by atoms with Crippen LogP contribution >= 0.6 is 11.3 Å². The Balaban J connectivity index is 1.48. The van der Waals surface area contributed by atoms with E-state index in [0.717, 1.165) is 4.90 Å². The monoisotopic (exact) mass is 406 g/mol. The number of carbonyl (C=O) groups excluding carboxylic acids is 4. The topological polar surface area (TPSA) is 108 Å². The van der Waals surface area contributed by atoms with Gasteiger partial charge in [0.25, 0.3) is 17.7 Å². The molecule has 2 aromatic carbocycles. The Bertz CT molecular complexity index is 1090. The third-order valence-electron chi connectivity index (χ3n) is 4.28. The lowest BCUT2D eigenvalue weighted by Crippen LogP contribution is -2.37. The highest BCUT2D eigenvalue weighted by molar-refractivity contribution is 7.13. The maximum Gasteiger partial charge on any atom is 0.262 e. The number of hydrogen-bond donors (Lipinski definition) is 2. The van der Waals surface area contributed by atoms with Gasteiger partial charge in [-0.25, -0.2) is 4.98 Å². The van der Waals surface area contributed by atoms with Gasteiger partial charge in [-0.3, -0.25) is 29.4 Å². The molecular weight excluding hydrogens is 392 g/mol. The van der Waals surface area contributed by atoms with Crippen molar-refractivity contribution in [1.82, 2.24) is 9.88 Å². The van der Waals surface area contributed by atoms with Crippen molar-refractivity contribution in [3.05, 3.63) is 76.8 Å². The average molecular weight is 406 g/mol. The smallest absolute Gasteiger partial charge is 0.262 e. The molecule has 1 aliphatic heterocycles. The average Bonchev–Trinajstić information content (AvgIpc) is 3.31. The molecule has 0 fully saturated rings. The number of hydrogen-bond acceptors (Lipinski definition) is 6. The molecule has 0 unspecified atom stereocenters. The normalized spacial score (nSPS) is 12.6. The van der Waals surface area contributed by atoms with Crippen LogP contribution in [0.1, 0.15) is 31.1 Å². The van der Waals surface area contributed by atoms with Crippen molar-refractivity contribution < 1.29 is 19.2 Å². The molecule has 2 N–H and O–H groups in total. The van der Waals surface area contributed by atoms with Crippen LogP contribution in [-0.2, 0) is 4.79 Å². The van der Waals surface area contributed by atoms with E-state index in [1.165, 1.54) is 11.3 Å². The van der Waals surface area contributed by atoms with Crippen LogP contribution < -0.4 is 10.6 Å². The summed E-state index contributed by atoms with van der Waals surface area (Å²) in [5, 5.41) is 7.41. The maximum atomic E-state index is 12.5. The van der Waals surface area contributed by atoms with Crippen LogP contribution in [0.15, 0.2) is 60.1 Å². The van der Waals surface area contributed by atoms with Gasteiger partial charge in [0, 0.05) is 11.6 Å². The Kier molecular flexibility index (Phi) is 4.88. The van der Waals surface area contributed by atoms with Crippen molar-refractivity contribution in [2.24, 2.45) is 0 Å². The summed E-state index contributed by atoms with van der Waals surface area (Å²) in [5.41, 5.74) is 1.05. The zero-order valence-corrected chi connectivity index (χ0v) is 15.7. The fraction of sp³-hybridized carbons (Fsp3) is 0.0500. The van der Waals surface area contributed by atoms with Gasteiger partial charge in [-0.2, -0.15) is 0 Å². The zero-order valence-electron chi connectivity index (χ0n) is 14.9. The highest BCUT2D eigenvalue weighted by Crippen LogP contribution is 2.23. The predicted molar refractivity (Wildman–Crippen MR) is 107 cm³/mol. The van der Waals surface area contributed by atoms with Crippen LogP contribution in [0.3, 0.4) is 0 Å². The molecule has 3 aromatic rings. The van der Waals surface area contributed by atoms with Crippen LogP contribution in [0, 0.1) is 0 Å². The number of fused-ring (bicyclic) bond motifs is 1. The van der Waals surface area contributed by atoms with Gasteiger partial charge in [-0.15, -0.1) is 11.3 Å². The molecule has 1 aliphatic rings. The minimum absolute atomic E-state index is 0.235. The molecular formula is C20H14N4O4S. The number of aromatic nitrogens is 1. The molecule has 0 saturated heterocycles. The number of nitrogens with one attached hydrogen (secondary N) is 2. The van der Waals surface area contributed by atoms with Gasteiger partial charge < -0.3 is 5.32 Å². The van der Waals surface area contributed by atoms with Crippen LogP contribution in [0.25, 0.3) is 0 Å².